The van der Waals surface area contributed by atoms with E-state index in [1.54, 1.807) is 24.3 Å². The van der Waals surface area contributed by atoms with Crippen molar-refractivity contribution in [2.45, 2.75) is 13.5 Å². The van der Waals surface area contributed by atoms with Crippen LogP contribution in [0.3, 0.4) is 0 Å². The Balaban J connectivity index is 2.54. The van der Waals surface area contributed by atoms with Crippen LogP contribution in [0.15, 0.2) is 47.3 Å². The molecular weight excluding hydrogens is 273 g/mol. The van der Waals surface area contributed by atoms with Gasteiger partial charge in [-0.05, 0) is 55.0 Å². The first-order chi connectivity index (χ1) is 10.0. The highest BCUT2D eigenvalue weighted by atomic mass is 19.1. The van der Waals surface area contributed by atoms with Crippen molar-refractivity contribution < 1.29 is 14.3 Å². The number of pyridine rings is 1. The number of hydrogen-bond donors (Lipinski definition) is 1. The smallest absolute Gasteiger partial charge is 0.328 e. The summed E-state index contributed by atoms with van der Waals surface area (Å²) in [6.07, 6.45) is 2.19. The lowest BCUT2D eigenvalue weighted by Crippen LogP contribution is -2.22. The standard InChI is InChI=1S/C16H14FNO3/c1-2-18-14(11-3-7-13(17)8-4-11)9-5-12(16(18)21)6-10-15(19)20/h3-10H,2H2,1H3,(H,19,20)/b10-6+. The molecule has 1 heterocycles. The van der Waals surface area contributed by atoms with E-state index in [-0.39, 0.29) is 11.4 Å². The predicted octanol–water partition coefficient (Wildman–Crippen LogP) is 2.77. The maximum atomic E-state index is 13.0. The third-order valence-corrected chi connectivity index (χ3v) is 3.07. The van der Waals surface area contributed by atoms with Crippen LogP contribution >= 0.6 is 0 Å². The van der Waals surface area contributed by atoms with E-state index in [0.29, 0.717) is 17.8 Å². The van der Waals surface area contributed by atoms with Gasteiger partial charge in [-0.1, -0.05) is 0 Å². The van der Waals surface area contributed by atoms with E-state index >= 15 is 0 Å². The molecule has 4 nitrogen and oxygen atoms in total. The van der Waals surface area contributed by atoms with Crippen LogP contribution in [0.2, 0.25) is 0 Å². The molecule has 0 saturated heterocycles. The van der Waals surface area contributed by atoms with Crippen LogP contribution in [0.5, 0.6) is 0 Å². The number of halogens is 1. The van der Waals surface area contributed by atoms with Crippen molar-refractivity contribution in [2.75, 3.05) is 0 Å². The Hall–Kier alpha value is -2.69. The zero-order valence-electron chi connectivity index (χ0n) is 11.4. The molecule has 0 spiro atoms. The number of aliphatic carboxylic acids is 1. The average molecular weight is 287 g/mol. The second kappa shape index (κ2) is 6.17. The number of benzene rings is 1. The van der Waals surface area contributed by atoms with Crippen LogP contribution in [-0.4, -0.2) is 15.6 Å². The number of carboxylic acid groups (broad SMARTS) is 1. The molecule has 0 bridgehead atoms. The molecule has 21 heavy (non-hydrogen) atoms. The predicted molar refractivity (Wildman–Crippen MR) is 78.4 cm³/mol. The minimum Gasteiger partial charge on any atom is -0.478 e. The molecule has 0 radical (unpaired) electrons. The molecule has 0 aliphatic heterocycles. The summed E-state index contributed by atoms with van der Waals surface area (Å²) in [6.45, 7) is 2.25. The van der Waals surface area contributed by atoms with E-state index < -0.39 is 5.97 Å². The molecule has 0 atom stereocenters. The molecule has 0 unspecified atom stereocenters. The molecule has 5 heteroatoms. The SMILES string of the molecule is CCn1c(-c2ccc(F)cc2)ccc(/C=C/C(=O)O)c1=O. The van der Waals surface area contributed by atoms with E-state index in [1.165, 1.54) is 22.8 Å². The van der Waals surface area contributed by atoms with Gasteiger partial charge in [0.15, 0.2) is 0 Å². The number of nitrogens with zero attached hydrogens (tertiary/aromatic N) is 1. The van der Waals surface area contributed by atoms with Gasteiger partial charge in [-0.2, -0.15) is 0 Å². The van der Waals surface area contributed by atoms with Gasteiger partial charge in [-0.3, -0.25) is 4.79 Å². The minimum absolute atomic E-state index is 0.281. The first kappa shape index (κ1) is 14.7. The van der Waals surface area contributed by atoms with Crippen LogP contribution in [0.1, 0.15) is 12.5 Å². The normalized spacial score (nSPS) is 11.0. The van der Waals surface area contributed by atoms with E-state index in [9.17, 15) is 14.0 Å². The third kappa shape index (κ3) is 3.25. The van der Waals surface area contributed by atoms with Gasteiger partial charge in [-0.25, -0.2) is 9.18 Å². The molecule has 0 amide bonds. The summed E-state index contributed by atoms with van der Waals surface area (Å²) in [6, 6.07) is 9.15. The van der Waals surface area contributed by atoms with Crippen LogP contribution in [0.25, 0.3) is 17.3 Å². The molecular formula is C16H14FNO3. The van der Waals surface area contributed by atoms with Crippen LogP contribution < -0.4 is 5.56 Å². The first-order valence-corrected chi connectivity index (χ1v) is 6.43. The lowest BCUT2D eigenvalue weighted by molar-refractivity contribution is -0.131. The summed E-state index contributed by atoms with van der Waals surface area (Å²) >= 11 is 0. The van der Waals surface area contributed by atoms with Gasteiger partial charge in [-0.15, -0.1) is 0 Å². The second-order valence-corrected chi connectivity index (χ2v) is 4.40. The van der Waals surface area contributed by atoms with E-state index in [4.69, 9.17) is 5.11 Å². The Labute approximate surface area is 120 Å². The van der Waals surface area contributed by atoms with Gasteiger partial charge in [0.25, 0.3) is 5.56 Å². The van der Waals surface area contributed by atoms with Crippen molar-refractivity contribution in [3.8, 4) is 11.3 Å². The fourth-order valence-electron chi connectivity index (χ4n) is 2.07. The van der Waals surface area contributed by atoms with Crippen molar-refractivity contribution in [1.29, 1.82) is 0 Å². The Kier molecular flexibility index (Phi) is 4.33. The van der Waals surface area contributed by atoms with Crippen LogP contribution in [0.4, 0.5) is 4.39 Å². The second-order valence-electron chi connectivity index (χ2n) is 4.40. The number of rotatable bonds is 4. The highest BCUT2D eigenvalue weighted by Gasteiger charge is 2.08. The molecule has 1 aromatic heterocycles. The highest BCUT2D eigenvalue weighted by Crippen LogP contribution is 2.19. The molecule has 0 aliphatic rings. The van der Waals surface area contributed by atoms with Crippen molar-refractivity contribution in [2.24, 2.45) is 0 Å². The number of aromatic nitrogens is 1. The van der Waals surface area contributed by atoms with E-state index in [0.717, 1.165) is 11.6 Å². The fraction of sp³-hybridized carbons (Fsp3) is 0.125. The molecule has 2 rings (SSSR count). The minimum atomic E-state index is -1.11. The van der Waals surface area contributed by atoms with Gasteiger partial charge in [0, 0.05) is 18.2 Å². The largest absolute Gasteiger partial charge is 0.478 e. The van der Waals surface area contributed by atoms with Gasteiger partial charge in [0.2, 0.25) is 0 Å². The maximum Gasteiger partial charge on any atom is 0.328 e. The van der Waals surface area contributed by atoms with Crippen molar-refractivity contribution in [1.82, 2.24) is 4.57 Å². The maximum absolute atomic E-state index is 13.0. The highest BCUT2D eigenvalue weighted by molar-refractivity contribution is 5.85. The lowest BCUT2D eigenvalue weighted by atomic mass is 10.1. The summed E-state index contributed by atoms with van der Waals surface area (Å²) in [5.74, 6) is -1.45. The molecule has 2 aromatic rings. The lowest BCUT2D eigenvalue weighted by Gasteiger charge is -2.12. The zero-order valence-corrected chi connectivity index (χ0v) is 11.4. The summed E-state index contributed by atoms with van der Waals surface area (Å²) in [5.41, 5.74) is 1.40. The van der Waals surface area contributed by atoms with Crippen LogP contribution in [0, 0.1) is 5.82 Å². The number of carbonyl (C=O) groups is 1. The molecule has 0 fully saturated rings. The fourth-order valence-corrected chi connectivity index (χ4v) is 2.07. The molecule has 0 aliphatic carbocycles. The van der Waals surface area contributed by atoms with Crippen molar-refractivity contribution in [3.63, 3.8) is 0 Å². The summed E-state index contributed by atoms with van der Waals surface area (Å²) in [7, 11) is 0. The Bertz CT molecular complexity index is 745. The van der Waals surface area contributed by atoms with E-state index in [1.807, 2.05) is 6.92 Å². The van der Waals surface area contributed by atoms with Gasteiger partial charge in [0.05, 0.1) is 5.69 Å². The number of carboxylic acids is 1. The molecule has 108 valence electrons. The number of hydrogen-bond acceptors (Lipinski definition) is 2. The Morgan fingerprint density at radius 2 is 1.90 bits per heavy atom. The Morgan fingerprint density at radius 1 is 1.24 bits per heavy atom. The average Bonchev–Trinajstić information content (AvgIpc) is 2.46. The monoisotopic (exact) mass is 287 g/mol. The van der Waals surface area contributed by atoms with Gasteiger partial charge < -0.3 is 9.67 Å². The first-order valence-electron chi connectivity index (χ1n) is 6.43. The summed E-state index contributed by atoms with van der Waals surface area (Å²) < 4.78 is 14.5. The zero-order chi connectivity index (χ0) is 15.4. The van der Waals surface area contributed by atoms with Gasteiger partial charge in [0.1, 0.15) is 5.82 Å². The van der Waals surface area contributed by atoms with Gasteiger partial charge >= 0.3 is 5.97 Å². The molecule has 1 N–H and O–H groups in total. The third-order valence-electron chi connectivity index (χ3n) is 3.07. The summed E-state index contributed by atoms with van der Waals surface area (Å²) in [5, 5.41) is 8.62. The van der Waals surface area contributed by atoms with E-state index in [2.05, 4.69) is 0 Å². The van der Waals surface area contributed by atoms with Crippen LogP contribution in [-0.2, 0) is 11.3 Å². The van der Waals surface area contributed by atoms with Crippen molar-refractivity contribution >= 4 is 12.0 Å². The quantitative estimate of drug-likeness (QED) is 0.880. The topological polar surface area (TPSA) is 59.3 Å². The molecule has 1 aromatic carbocycles. The Morgan fingerprint density at radius 3 is 2.48 bits per heavy atom. The molecule has 0 saturated carbocycles. The van der Waals surface area contributed by atoms with Crippen molar-refractivity contribution in [3.05, 3.63) is 64.2 Å². The summed E-state index contributed by atoms with van der Waals surface area (Å²) in [4.78, 5) is 22.8.